The Bertz CT molecular complexity index is 439. The van der Waals surface area contributed by atoms with Gasteiger partial charge in [0.1, 0.15) is 5.82 Å². The van der Waals surface area contributed by atoms with Gasteiger partial charge in [0, 0.05) is 11.6 Å². The van der Waals surface area contributed by atoms with E-state index < -0.39 is 0 Å². The van der Waals surface area contributed by atoms with Gasteiger partial charge in [-0.05, 0) is 72.5 Å². The maximum Gasteiger partial charge on any atom is 0.142 e. The predicted molar refractivity (Wildman–Crippen MR) is 86.2 cm³/mol. The van der Waals surface area contributed by atoms with Gasteiger partial charge in [0.2, 0.25) is 0 Å². The van der Waals surface area contributed by atoms with Crippen LogP contribution >= 0.6 is 15.9 Å². The molecule has 1 atom stereocenters. The van der Waals surface area contributed by atoms with Gasteiger partial charge in [0.15, 0.2) is 0 Å². The van der Waals surface area contributed by atoms with Crippen molar-refractivity contribution in [2.45, 2.75) is 45.6 Å². The number of nitrogens with one attached hydrogen (secondary N) is 1. The molecule has 1 aliphatic carbocycles. The summed E-state index contributed by atoms with van der Waals surface area (Å²) >= 11 is 3.29. The van der Waals surface area contributed by atoms with Crippen LogP contribution in [0.25, 0.3) is 0 Å². The summed E-state index contributed by atoms with van der Waals surface area (Å²) in [6.07, 6.45) is 4.94. The van der Waals surface area contributed by atoms with Crippen molar-refractivity contribution in [2.75, 3.05) is 7.05 Å². The molecule has 0 bridgehead atoms. The fraction of sp³-hybridized carbons (Fsp3) is 0.647. The van der Waals surface area contributed by atoms with E-state index in [1.165, 1.54) is 25.7 Å². The molecule has 3 heteroatoms. The van der Waals surface area contributed by atoms with E-state index in [-0.39, 0.29) is 11.9 Å². The smallest absolute Gasteiger partial charge is 0.142 e. The summed E-state index contributed by atoms with van der Waals surface area (Å²) in [6.45, 7) is 4.63. The zero-order valence-corrected chi connectivity index (χ0v) is 14.2. The number of rotatable bonds is 4. The van der Waals surface area contributed by atoms with Crippen molar-refractivity contribution >= 4 is 15.9 Å². The molecule has 0 saturated heterocycles. The molecule has 0 amide bonds. The highest BCUT2D eigenvalue weighted by Crippen LogP contribution is 2.40. The molecule has 1 fully saturated rings. The molecule has 0 aliphatic heterocycles. The minimum Gasteiger partial charge on any atom is -0.313 e. The van der Waals surface area contributed by atoms with E-state index in [0.717, 1.165) is 17.4 Å². The number of hydrogen-bond acceptors (Lipinski definition) is 1. The quantitative estimate of drug-likeness (QED) is 0.782. The number of hydrogen-bond donors (Lipinski definition) is 1. The summed E-state index contributed by atoms with van der Waals surface area (Å²) in [6, 6.07) is 5.73. The van der Waals surface area contributed by atoms with Gasteiger partial charge in [-0.2, -0.15) is 0 Å². The maximum atomic E-state index is 14.3. The van der Waals surface area contributed by atoms with Crippen LogP contribution < -0.4 is 5.32 Å². The summed E-state index contributed by atoms with van der Waals surface area (Å²) in [5.41, 5.74) is 0.801. The Kier molecular flexibility index (Phi) is 5.62. The summed E-state index contributed by atoms with van der Waals surface area (Å²) in [5.74, 6) is 2.04. The molecule has 1 saturated carbocycles. The van der Waals surface area contributed by atoms with E-state index in [4.69, 9.17) is 0 Å². The van der Waals surface area contributed by atoms with Gasteiger partial charge in [-0.15, -0.1) is 0 Å². The van der Waals surface area contributed by atoms with Crippen LogP contribution in [0.3, 0.4) is 0 Å². The largest absolute Gasteiger partial charge is 0.313 e. The van der Waals surface area contributed by atoms with Gasteiger partial charge in [0.05, 0.1) is 4.47 Å². The zero-order chi connectivity index (χ0) is 14.7. The maximum absolute atomic E-state index is 14.3. The fourth-order valence-electron chi connectivity index (χ4n) is 3.55. The molecule has 20 heavy (non-hydrogen) atoms. The Morgan fingerprint density at radius 3 is 2.30 bits per heavy atom. The minimum atomic E-state index is -0.113. The third-order valence-corrected chi connectivity index (χ3v) is 5.47. The predicted octanol–water partition coefficient (Wildman–Crippen LogP) is 5.31. The molecule has 1 nitrogen and oxygen atoms in total. The Labute approximate surface area is 130 Å². The average molecular weight is 342 g/mol. The second-order valence-corrected chi connectivity index (χ2v) is 7.18. The van der Waals surface area contributed by atoms with E-state index >= 15 is 0 Å². The molecular weight excluding hydrogens is 317 g/mol. The first-order chi connectivity index (χ1) is 9.54. The van der Waals surface area contributed by atoms with Gasteiger partial charge in [-0.1, -0.05) is 26.0 Å². The van der Waals surface area contributed by atoms with Crippen LogP contribution in [0.4, 0.5) is 4.39 Å². The lowest BCUT2D eigenvalue weighted by Crippen LogP contribution is -2.30. The molecule has 112 valence electrons. The van der Waals surface area contributed by atoms with Gasteiger partial charge in [-0.25, -0.2) is 4.39 Å². The van der Waals surface area contributed by atoms with Crippen LogP contribution in [0.1, 0.15) is 51.1 Å². The van der Waals surface area contributed by atoms with E-state index in [1.54, 1.807) is 6.07 Å². The number of halogens is 2. The fourth-order valence-corrected chi connectivity index (χ4v) is 3.93. The van der Waals surface area contributed by atoms with Crippen LogP contribution in [0.2, 0.25) is 0 Å². The lowest BCUT2D eigenvalue weighted by molar-refractivity contribution is 0.191. The van der Waals surface area contributed by atoms with Gasteiger partial charge < -0.3 is 5.32 Å². The highest BCUT2D eigenvalue weighted by molar-refractivity contribution is 9.10. The molecule has 1 aromatic carbocycles. The minimum absolute atomic E-state index is 0.113. The summed E-state index contributed by atoms with van der Waals surface area (Å²) < 4.78 is 14.9. The van der Waals surface area contributed by atoms with Gasteiger partial charge >= 0.3 is 0 Å². The molecule has 1 aromatic rings. The highest BCUT2D eigenvalue weighted by atomic mass is 79.9. The summed E-state index contributed by atoms with van der Waals surface area (Å²) in [4.78, 5) is 0. The first kappa shape index (κ1) is 16.0. The van der Waals surface area contributed by atoms with Crippen molar-refractivity contribution < 1.29 is 4.39 Å². The lowest BCUT2D eigenvalue weighted by Gasteiger charge is -2.35. The van der Waals surface area contributed by atoms with Crippen molar-refractivity contribution in [3.63, 3.8) is 0 Å². The second-order valence-electron chi connectivity index (χ2n) is 6.33. The van der Waals surface area contributed by atoms with Crippen LogP contribution in [0, 0.1) is 23.6 Å². The lowest BCUT2D eigenvalue weighted by atomic mass is 9.73. The molecule has 1 unspecified atom stereocenters. The molecular formula is C17H25BrFN. The molecule has 1 N–H and O–H groups in total. The monoisotopic (exact) mass is 341 g/mol. The van der Waals surface area contributed by atoms with Crippen molar-refractivity contribution in [3.8, 4) is 0 Å². The Hall–Kier alpha value is -0.410. The molecule has 0 aromatic heterocycles. The van der Waals surface area contributed by atoms with E-state index in [9.17, 15) is 4.39 Å². The van der Waals surface area contributed by atoms with Crippen LogP contribution in [0.15, 0.2) is 22.7 Å². The van der Waals surface area contributed by atoms with Crippen molar-refractivity contribution in [1.82, 2.24) is 5.32 Å². The van der Waals surface area contributed by atoms with Crippen LogP contribution in [-0.2, 0) is 0 Å². The van der Waals surface area contributed by atoms with Crippen LogP contribution in [0.5, 0.6) is 0 Å². The Morgan fingerprint density at radius 2 is 1.75 bits per heavy atom. The van der Waals surface area contributed by atoms with E-state index in [0.29, 0.717) is 10.4 Å². The highest BCUT2D eigenvalue weighted by Gasteiger charge is 2.30. The normalized spacial score (nSPS) is 24.9. The van der Waals surface area contributed by atoms with Crippen molar-refractivity contribution in [3.05, 3.63) is 34.1 Å². The molecule has 0 radical (unpaired) electrons. The Balaban J connectivity index is 2.12. The van der Waals surface area contributed by atoms with Crippen molar-refractivity contribution in [2.24, 2.45) is 17.8 Å². The standard InChI is InChI=1S/C17H25BrFN/c1-11(2)12-7-9-13(10-8-12)17(20-3)14-5-4-6-15(18)16(14)19/h4-6,11-13,17,20H,7-10H2,1-3H3. The van der Waals surface area contributed by atoms with E-state index in [2.05, 4.69) is 35.1 Å². The molecule has 2 rings (SSSR count). The Morgan fingerprint density at radius 1 is 1.15 bits per heavy atom. The van der Waals surface area contributed by atoms with Crippen molar-refractivity contribution in [1.29, 1.82) is 0 Å². The van der Waals surface area contributed by atoms with E-state index in [1.807, 2.05) is 19.2 Å². The summed E-state index contributed by atoms with van der Waals surface area (Å²) in [5, 5.41) is 3.34. The average Bonchev–Trinajstić information content (AvgIpc) is 2.45. The first-order valence-corrected chi connectivity index (χ1v) is 8.45. The first-order valence-electron chi connectivity index (χ1n) is 7.65. The second kappa shape index (κ2) is 7.04. The zero-order valence-electron chi connectivity index (χ0n) is 12.6. The van der Waals surface area contributed by atoms with Crippen LogP contribution in [-0.4, -0.2) is 7.05 Å². The summed E-state index contributed by atoms with van der Waals surface area (Å²) in [7, 11) is 1.94. The van der Waals surface area contributed by atoms with Gasteiger partial charge in [0.25, 0.3) is 0 Å². The topological polar surface area (TPSA) is 12.0 Å². The molecule has 0 spiro atoms. The number of benzene rings is 1. The SMILES string of the molecule is CNC(c1cccc(Br)c1F)C1CCC(C(C)C)CC1. The molecule has 1 aliphatic rings. The third-order valence-electron chi connectivity index (χ3n) is 4.86. The van der Waals surface area contributed by atoms with Gasteiger partial charge in [-0.3, -0.25) is 0 Å². The molecule has 0 heterocycles. The third kappa shape index (κ3) is 3.43.